The highest BCUT2D eigenvalue weighted by molar-refractivity contribution is 7.80. The average molecular weight is 343 g/mol. The summed E-state index contributed by atoms with van der Waals surface area (Å²) in [6, 6.07) is 16.8. The molecule has 0 fully saturated rings. The number of hydrogen-bond acceptors (Lipinski definition) is 2. The Labute approximate surface area is 145 Å². The molecule has 0 spiro atoms. The van der Waals surface area contributed by atoms with E-state index in [1.54, 1.807) is 6.92 Å². The molecule has 5 heteroatoms. The Kier molecular flexibility index (Phi) is 4.46. The van der Waals surface area contributed by atoms with E-state index >= 15 is 0 Å². The number of rotatable bonds is 3. The summed E-state index contributed by atoms with van der Waals surface area (Å²) in [7, 11) is 0. The molecule has 1 atom stereocenters. The molecule has 0 saturated heterocycles. The van der Waals surface area contributed by atoms with E-state index in [-0.39, 0.29) is 11.8 Å². The van der Waals surface area contributed by atoms with Gasteiger partial charge >= 0.3 is 0 Å². The third-order valence-corrected chi connectivity index (χ3v) is 4.29. The fraction of sp³-hybridized carbons (Fsp3) is 0.111. The molecule has 116 valence electrons. The van der Waals surface area contributed by atoms with Crippen LogP contribution in [0.1, 0.15) is 24.1 Å². The van der Waals surface area contributed by atoms with E-state index in [9.17, 15) is 4.79 Å². The molecule has 0 bridgehead atoms. The lowest BCUT2D eigenvalue weighted by Crippen LogP contribution is -2.44. The maximum atomic E-state index is 12.4. The van der Waals surface area contributed by atoms with Gasteiger partial charge < -0.3 is 10.6 Å². The molecule has 1 heterocycles. The van der Waals surface area contributed by atoms with Crippen molar-refractivity contribution in [3.8, 4) is 0 Å². The molecule has 23 heavy (non-hydrogen) atoms. The summed E-state index contributed by atoms with van der Waals surface area (Å²) < 4.78 is 0. The zero-order valence-corrected chi connectivity index (χ0v) is 14.0. The first kappa shape index (κ1) is 15.7. The summed E-state index contributed by atoms with van der Waals surface area (Å²) in [5, 5.41) is 7.35. The van der Waals surface area contributed by atoms with E-state index in [1.165, 1.54) is 0 Å². The summed E-state index contributed by atoms with van der Waals surface area (Å²) >= 11 is 11.7. The van der Waals surface area contributed by atoms with Crippen molar-refractivity contribution in [2.24, 2.45) is 0 Å². The quantitative estimate of drug-likeness (QED) is 0.831. The Morgan fingerprint density at radius 2 is 1.74 bits per heavy atom. The van der Waals surface area contributed by atoms with Crippen LogP contribution in [-0.2, 0) is 4.79 Å². The minimum absolute atomic E-state index is 0.0312. The van der Waals surface area contributed by atoms with Gasteiger partial charge in [-0.2, -0.15) is 0 Å². The van der Waals surface area contributed by atoms with Gasteiger partial charge in [-0.05, 0) is 36.3 Å². The molecule has 1 aliphatic rings. The first-order chi connectivity index (χ1) is 11.1. The van der Waals surface area contributed by atoms with Crippen molar-refractivity contribution >= 4 is 40.4 Å². The van der Waals surface area contributed by atoms with Gasteiger partial charge in [0.1, 0.15) is 0 Å². The van der Waals surface area contributed by atoms with Crippen LogP contribution in [0.15, 0.2) is 60.2 Å². The molecule has 0 aliphatic carbocycles. The van der Waals surface area contributed by atoms with Crippen molar-refractivity contribution in [2.75, 3.05) is 0 Å². The van der Waals surface area contributed by atoms with Crippen molar-refractivity contribution in [2.45, 2.75) is 13.0 Å². The largest absolute Gasteiger partial charge is 0.351 e. The SMILES string of the molecule is CC(=O)C1=C(c2ccccc2)NC(=S)N[C@H]1c1ccccc1Cl. The Balaban J connectivity index is 2.21. The second-order valence-electron chi connectivity index (χ2n) is 5.26. The maximum Gasteiger partial charge on any atom is 0.171 e. The maximum absolute atomic E-state index is 12.4. The summed E-state index contributed by atoms with van der Waals surface area (Å²) in [6.07, 6.45) is 0. The number of nitrogens with one attached hydrogen (secondary N) is 2. The lowest BCUT2D eigenvalue weighted by atomic mass is 9.90. The lowest BCUT2D eigenvalue weighted by molar-refractivity contribution is -0.113. The van der Waals surface area contributed by atoms with Crippen LogP contribution >= 0.6 is 23.8 Å². The monoisotopic (exact) mass is 342 g/mol. The van der Waals surface area contributed by atoms with Gasteiger partial charge in [0.2, 0.25) is 0 Å². The number of carbonyl (C=O) groups excluding carboxylic acids is 1. The van der Waals surface area contributed by atoms with Crippen molar-refractivity contribution in [3.63, 3.8) is 0 Å². The van der Waals surface area contributed by atoms with Crippen LogP contribution in [0.25, 0.3) is 5.70 Å². The van der Waals surface area contributed by atoms with E-state index in [4.69, 9.17) is 23.8 Å². The van der Waals surface area contributed by atoms with Gasteiger partial charge in [-0.3, -0.25) is 4.79 Å². The van der Waals surface area contributed by atoms with Crippen LogP contribution in [0, 0.1) is 0 Å². The number of Topliss-reactive ketones (excluding diaryl/α,β-unsaturated/α-hetero) is 1. The van der Waals surface area contributed by atoms with Crippen molar-refractivity contribution in [3.05, 3.63) is 76.3 Å². The average Bonchev–Trinajstić information content (AvgIpc) is 2.55. The molecular formula is C18H15ClN2OS. The minimum Gasteiger partial charge on any atom is -0.351 e. The number of thiocarbonyl (C=S) groups is 1. The summed E-state index contributed by atoms with van der Waals surface area (Å²) in [5.74, 6) is -0.0312. The molecule has 2 aromatic rings. The van der Waals surface area contributed by atoms with Crippen molar-refractivity contribution < 1.29 is 4.79 Å². The van der Waals surface area contributed by atoms with E-state index < -0.39 is 0 Å². The summed E-state index contributed by atoms with van der Waals surface area (Å²) in [6.45, 7) is 1.56. The second-order valence-corrected chi connectivity index (χ2v) is 6.08. The second kappa shape index (κ2) is 6.52. The highest BCUT2D eigenvalue weighted by Gasteiger charge is 2.31. The molecule has 0 amide bonds. The molecule has 0 radical (unpaired) electrons. The van der Waals surface area contributed by atoms with Crippen molar-refractivity contribution in [1.29, 1.82) is 0 Å². The Morgan fingerprint density at radius 3 is 2.39 bits per heavy atom. The number of hydrogen-bond donors (Lipinski definition) is 2. The standard InChI is InChI=1S/C18H15ClN2OS/c1-11(22)15-16(12-7-3-2-4-8-12)20-18(23)21-17(15)13-9-5-6-10-14(13)19/h2-10,17H,1H3,(H2,20,21,23)/t17-/m0/s1. The van der Waals surface area contributed by atoms with Crippen LogP contribution < -0.4 is 10.6 Å². The Morgan fingerprint density at radius 1 is 1.09 bits per heavy atom. The third-order valence-electron chi connectivity index (χ3n) is 3.73. The lowest BCUT2D eigenvalue weighted by Gasteiger charge is -2.31. The highest BCUT2D eigenvalue weighted by atomic mass is 35.5. The molecule has 3 nitrogen and oxygen atoms in total. The number of halogens is 1. The van der Waals surface area contributed by atoms with Crippen LogP contribution in [-0.4, -0.2) is 10.9 Å². The predicted molar refractivity (Wildman–Crippen MR) is 97.1 cm³/mol. The van der Waals surface area contributed by atoms with Gasteiger partial charge in [-0.1, -0.05) is 60.1 Å². The van der Waals surface area contributed by atoms with Gasteiger partial charge in [0.15, 0.2) is 10.9 Å². The fourth-order valence-corrected chi connectivity index (χ4v) is 3.18. The zero-order chi connectivity index (χ0) is 16.4. The molecule has 1 aliphatic heterocycles. The van der Waals surface area contributed by atoms with Crippen LogP contribution in [0.2, 0.25) is 5.02 Å². The van der Waals surface area contributed by atoms with E-state index in [1.807, 2.05) is 54.6 Å². The predicted octanol–water partition coefficient (Wildman–Crippen LogP) is 3.86. The molecule has 3 rings (SSSR count). The smallest absolute Gasteiger partial charge is 0.171 e. The van der Waals surface area contributed by atoms with E-state index in [0.29, 0.717) is 15.7 Å². The fourth-order valence-electron chi connectivity index (χ4n) is 2.72. The number of carbonyl (C=O) groups is 1. The summed E-state index contributed by atoms with van der Waals surface area (Å²) in [5.41, 5.74) is 3.10. The van der Waals surface area contributed by atoms with Crippen LogP contribution in [0.3, 0.4) is 0 Å². The first-order valence-electron chi connectivity index (χ1n) is 7.20. The van der Waals surface area contributed by atoms with E-state index in [0.717, 1.165) is 16.8 Å². The first-order valence-corrected chi connectivity index (χ1v) is 7.99. The molecule has 0 aromatic heterocycles. The van der Waals surface area contributed by atoms with Crippen LogP contribution in [0.4, 0.5) is 0 Å². The number of ketones is 1. The minimum atomic E-state index is -0.370. The summed E-state index contributed by atoms with van der Waals surface area (Å²) in [4.78, 5) is 12.4. The normalized spacial score (nSPS) is 17.5. The Bertz CT molecular complexity index is 802. The van der Waals surface area contributed by atoms with Gasteiger partial charge in [0, 0.05) is 10.6 Å². The molecule has 2 N–H and O–H groups in total. The third kappa shape index (κ3) is 3.14. The molecule has 0 unspecified atom stereocenters. The van der Waals surface area contributed by atoms with Crippen LogP contribution in [0.5, 0.6) is 0 Å². The number of benzene rings is 2. The van der Waals surface area contributed by atoms with E-state index in [2.05, 4.69) is 10.6 Å². The van der Waals surface area contributed by atoms with Crippen molar-refractivity contribution in [1.82, 2.24) is 10.6 Å². The Hall–Kier alpha value is -2.17. The zero-order valence-electron chi connectivity index (χ0n) is 12.5. The molecular weight excluding hydrogens is 328 g/mol. The van der Waals surface area contributed by atoms with Gasteiger partial charge in [0.05, 0.1) is 11.7 Å². The van der Waals surface area contributed by atoms with Gasteiger partial charge in [-0.15, -0.1) is 0 Å². The molecule has 2 aromatic carbocycles. The highest BCUT2D eigenvalue weighted by Crippen LogP contribution is 2.34. The topological polar surface area (TPSA) is 41.1 Å². The van der Waals surface area contributed by atoms with Gasteiger partial charge in [0.25, 0.3) is 0 Å². The van der Waals surface area contributed by atoms with Gasteiger partial charge in [-0.25, -0.2) is 0 Å². The molecule has 0 saturated carbocycles.